The molecule has 0 amide bonds. The van der Waals surface area contributed by atoms with Crippen LogP contribution in [0.5, 0.6) is 0 Å². The Morgan fingerprint density at radius 1 is 0.955 bits per heavy atom. The third-order valence-electron chi connectivity index (χ3n) is 3.88. The quantitative estimate of drug-likeness (QED) is 0.433. The van der Waals surface area contributed by atoms with Gasteiger partial charge in [0.2, 0.25) is 0 Å². The van der Waals surface area contributed by atoms with Crippen molar-refractivity contribution >= 4 is 32.9 Å². The van der Waals surface area contributed by atoms with Gasteiger partial charge in [-0.3, -0.25) is 9.36 Å². The molecule has 6 heteroatoms. The van der Waals surface area contributed by atoms with Crippen LogP contribution in [0, 0.1) is 20.8 Å². The second-order valence-electron chi connectivity index (χ2n) is 5.05. The van der Waals surface area contributed by atoms with E-state index < -0.39 is 8.25 Å². The molecule has 0 aliphatic heterocycles. The molecule has 3 rings (SSSR count). The van der Waals surface area contributed by atoms with Crippen molar-refractivity contribution in [2.75, 3.05) is 0 Å². The van der Waals surface area contributed by atoms with Gasteiger partial charge >= 0.3 is 27.1 Å². The van der Waals surface area contributed by atoms with Crippen molar-refractivity contribution in [2.45, 2.75) is 20.8 Å². The Bertz CT molecular complexity index is 752. The summed E-state index contributed by atoms with van der Waals surface area (Å²) in [6, 6.07) is 10.0. The molecule has 0 heterocycles. The second kappa shape index (κ2) is 7.42. The number of hydrogen-bond donors (Lipinski definition) is 2. The summed E-state index contributed by atoms with van der Waals surface area (Å²) in [6.07, 6.45) is 0. The first-order chi connectivity index (χ1) is 9.82. The molecule has 4 nitrogen and oxygen atoms in total. The van der Waals surface area contributed by atoms with Gasteiger partial charge in [-0.05, 0) is 54.7 Å². The molecule has 0 fully saturated rings. The summed E-state index contributed by atoms with van der Waals surface area (Å²) in [4.78, 5) is 26.7. The molecule has 2 aliphatic rings. The minimum atomic E-state index is -3.13. The van der Waals surface area contributed by atoms with Gasteiger partial charge in [0.25, 0.3) is 0 Å². The summed E-state index contributed by atoms with van der Waals surface area (Å²) in [7, 11) is -3.13. The van der Waals surface area contributed by atoms with Crippen molar-refractivity contribution < 1.29 is 19.1 Å². The Morgan fingerprint density at radius 3 is 1.95 bits per heavy atom. The molecule has 1 aromatic carbocycles. The van der Waals surface area contributed by atoms with Crippen LogP contribution in [0.25, 0.3) is 11.1 Å². The second-order valence-corrected chi connectivity index (χ2v) is 5.62. The monoisotopic (exact) mass is 312 g/mol. The first-order valence-electron chi connectivity index (χ1n) is 6.50. The number of benzene rings is 2. The molecule has 1 aromatic rings. The van der Waals surface area contributed by atoms with Crippen LogP contribution in [0.1, 0.15) is 32.6 Å². The molecule has 112 valence electrons. The van der Waals surface area contributed by atoms with Crippen LogP contribution >= 0.6 is 8.25 Å². The fourth-order valence-corrected chi connectivity index (χ4v) is 2.32. The number of fused-ring (bicyclic) bond motifs is 1. The fraction of sp³-hybridized carbons (Fsp3) is 0.188. The van der Waals surface area contributed by atoms with Crippen molar-refractivity contribution in [1.29, 1.82) is 0 Å². The predicted octanol–water partition coefficient (Wildman–Crippen LogP) is 2.54. The summed E-state index contributed by atoms with van der Waals surface area (Å²) >= 11 is 0. The van der Waals surface area contributed by atoms with E-state index in [1.54, 1.807) is 0 Å². The first kappa shape index (κ1) is 18.9. The maximum absolute atomic E-state index is 12.4. The number of hydrogen-bond acceptors (Lipinski definition) is 2. The molecular weight excluding hydrogens is 294 g/mol. The normalized spacial score (nSPS) is 10.5. The SMILES string of the molecule is Cc1ccc(C(=O)c2cc3ccc2-3)c(C)c1C.O=[PH](O)O.[LiH]. The van der Waals surface area contributed by atoms with Crippen molar-refractivity contribution in [3.63, 3.8) is 0 Å². The average molecular weight is 312 g/mol. The standard InChI is InChI=1S/C16H14O.Li.H3O3P.H/c1-9-4-6-13(11(3)10(9)2)16(17)15-8-12-5-7-14(12)15;;1-4(2)3;/h4-8H,1-3H3;;4H,(H2,1,2,3);. The Morgan fingerprint density at radius 2 is 1.55 bits per heavy atom. The van der Waals surface area contributed by atoms with Gasteiger partial charge in [-0.25, -0.2) is 0 Å². The molecule has 0 radical (unpaired) electrons. The van der Waals surface area contributed by atoms with E-state index in [9.17, 15) is 4.79 Å². The topological polar surface area (TPSA) is 74.6 Å². The van der Waals surface area contributed by atoms with Gasteiger partial charge in [-0.1, -0.05) is 24.3 Å². The minimum absolute atomic E-state index is 0. The zero-order valence-corrected chi connectivity index (χ0v) is 13.1. The van der Waals surface area contributed by atoms with Gasteiger partial charge in [0.05, 0.1) is 0 Å². The van der Waals surface area contributed by atoms with Crippen LogP contribution in [-0.4, -0.2) is 34.4 Å². The summed E-state index contributed by atoms with van der Waals surface area (Å²) in [5.41, 5.74) is 7.62. The van der Waals surface area contributed by atoms with Gasteiger partial charge < -0.3 is 9.79 Å². The van der Waals surface area contributed by atoms with Gasteiger partial charge in [0.1, 0.15) is 0 Å². The molecule has 0 saturated carbocycles. The van der Waals surface area contributed by atoms with E-state index in [-0.39, 0.29) is 24.6 Å². The molecule has 22 heavy (non-hydrogen) atoms. The summed E-state index contributed by atoms with van der Waals surface area (Å²) in [6.45, 7) is 6.18. The Balaban J connectivity index is 0.000000436. The number of ketones is 1. The molecule has 2 N–H and O–H groups in total. The van der Waals surface area contributed by atoms with Crippen molar-refractivity contribution in [1.82, 2.24) is 0 Å². The predicted molar refractivity (Wildman–Crippen MR) is 90.1 cm³/mol. The van der Waals surface area contributed by atoms with Crippen LogP contribution < -0.4 is 0 Å². The van der Waals surface area contributed by atoms with E-state index in [4.69, 9.17) is 14.4 Å². The fourth-order valence-electron chi connectivity index (χ4n) is 2.32. The molecule has 0 atom stereocenters. The van der Waals surface area contributed by atoms with E-state index in [0.717, 1.165) is 22.3 Å². The molecule has 0 spiro atoms. The van der Waals surface area contributed by atoms with E-state index in [1.807, 2.05) is 37.3 Å². The summed E-state index contributed by atoms with van der Waals surface area (Å²) < 4.78 is 8.74. The maximum atomic E-state index is 12.4. The molecule has 0 saturated heterocycles. The van der Waals surface area contributed by atoms with Crippen molar-refractivity contribution in [3.8, 4) is 11.1 Å². The Labute approximate surface area is 142 Å². The number of rotatable bonds is 2. The van der Waals surface area contributed by atoms with E-state index >= 15 is 0 Å². The van der Waals surface area contributed by atoms with Crippen LogP contribution in [-0.2, 0) is 4.57 Å². The number of aryl methyl sites for hydroxylation is 1. The van der Waals surface area contributed by atoms with Gasteiger partial charge in [0, 0.05) is 11.1 Å². The van der Waals surface area contributed by atoms with Crippen LogP contribution in [0.15, 0.2) is 30.3 Å². The third kappa shape index (κ3) is 3.60. The van der Waals surface area contributed by atoms with E-state index in [0.29, 0.717) is 0 Å². The van der Waals surface area contributed by atoms with Crippen LogP contribution in [0.2, 0.25) is 0 Å². The molecule has 2 aliphatic carbocycles. The summed E-state index contributed by atoms with van der Waals surface area (Å²) in [5.74, 6) is 0.161. The average Bonchev–Trinajstić information content (AvgIpc) is 2.38. The molecule has 0 aromatic heterocycles. The Kier molecular flexibility index (Phi) is 6.37. The van der Waals surface area contributed by atoms with Gasteiger partial charge in [-0.2, -0.15) is 0 Å². The number of carbonyl (C=O) groups is 1. The van der Waals surface area contributed by atoms with E-state index in [2.05, 4.69) is 13.8 Å². The third-order valence-corrected chi connectivity index (χ3v) is 3.88. The van der Waals surface area contributed by atoms with Crippen LogP contribution in [0.3, 0.4) is 0 Å². The van der Waals surface area contributed by atoms with Gasteiger partial charge in [-0.15, -0.1) is 0 Å². The van der Waals surface area contributed by atoms with Crippen LogP contribution in [0.4, 0.5) is 0 Å². The number of carbonyl (C=O) groups excluding carboxylic acids is 1. The molecule has 0 unspecified atom stereocenters. The molecule has 0 bridgehead atoms. The zero-order valence-electron chi connectivity index (χ0n) is 12.1. The van der Waals surface area contributed by atoms with Crippen molar-refractivity contribution in [3.05, 3.63) is 58.1 Å². The molecular formula is C16H18LiO4P. The van der Waals surface area contributed by atoms with Crippen molar-refractivity contribution in [2.24, 2.45) is 0 Å². The first-order valence-corrected chi connectivity index (χ1v) is 7.81. The zero-order chi connectivity index (χ0) is 15.7. The summed E-state index contributed by atoms with van der Waals surface area (Å²) in [5, 5.41) is 0. The Hall–Kier alpha value is -1.14. The van der Waals surface area contributed by atoms with E-state index in [1.165, 1.54) is 16.7 Å². The van der Waals surface area contributed by atoms with Gasteiger partial charge in [0.15, 0.2) is 5.78 Å².